The lowest BCUT2D eigenvalue weighted by atomic mass is 9.91. The van der Waals surface area contributed by atoms with E-state index in [-0.39, 0.29) is 0 Å². The minimum Gasteiger partial charge on any atom is -0.331 e. The van der Waals surface area contributed by atoms with Gasteiger partial charge in [-0.1, -0.05) is 219 Å². The summed E-state index contributed by atoms with van der Waals surface area (Å²) in [5.41, 5.74) is 0. The molecule has 1 atom stereocenters. The van der Waals surface area contributed by atoms with Crippen LogP contribution in [0.2, 0.25) is 0 Å². The van der Waals surface area contributed by atoms with Gasteiger partial charge >= 0.3 is 0 Å². The number of rotatable bonds is 38. The number of hydrogen-bond acceptors (Lipinski definition) is 3. The molecule has 0 bridgehead atoms. The van der Waals surface area contributed by atoms with Crippen molar-refractivity contribution in [3.05, 3.63) is 0 Å². The molecule has 0 aliphatic rings. The molecule has 0 aromatic heterocycles. The van der Waals surface area contributed by atoms with Crippen molar-refractivity contribution in [2.24, 2.45) is 5.92 Å². The summed E-state index contributed by atoms with van der Waals surface area (Å²) in [6.07, 6.45) is 47.6. The zero-order valence-corrected chi connectivity index (χ0v) is 31.3. The van der Waals surface area contributed by atoms with E-state index in [1.807, 2.05) is 0 Å². The molecule has 0 saturated carbocycles. The van der Waals surface area contributed by atoms with Crippen molar-refractivity contribution in [2.45, 2.75) is 238 Å². The number of hydrogen-bond donors (Lipinski definition) is 0. The second kappa shape index (κ2) is 35.7. The molecule has 0 amide bonds. The van der Waals surface area contributed by atoms with E-state index in [0.29, 0.717) is 5.92 Å². The van der Waals surface area contributed by atoms with Crippen LogP contribution in [0, 0.1) is 5.92 Å². The summed E-state index contributed by atoms with van der Waals surface area (Å²) in [7, 11) is 5.17. The first kappa shape index (κ1) is 43.9. The van der Waals surface area contributed by atoms with Crippen LogP contribution in [0.5, 0.6) is 0 Å². The summed E-state index contributed by atoms with van der Waals surface area (Å²) >= 11 is 0. The molecule has 0 spiro atoms. The van der Waals surface area contributed by atoms with Gasteiger partial charge in [-0.15, -0.1) is 0 Å². The number of unbranched alkanes of at least 4 members (excludes halogenated alkanes) is 30. The summed E-state index contributed by atoms with van der Waals surface area (Å²) in [5.74, 6) is -0.571. The van der Waals surface area contributed by atoms with Crippen molar-refractivity contribution >= 4 is 0 Å². The Bertz CT molecular complexity index is 510. The van der Waals surface area contributed by atoms with Gasteiger partial charge in [0.2, 0.25) is 0 Å². The normalized spacial score (nSPS) is 12.8. The Kier molecular flexibility index (Phi) is 35.6. The summed E-state index contributed by atoms with van der Waals surface area (Å²) < 4.78 is 17.3. The summed E-state index contributed by atoms with van der Waals surface area (Å²) in [6, 6.07) is 0. The average Bonchev–Trinajstić information content (AvgIpc) is 3.04. The Morgan fingerprint density at radius 3 is 0.659 bits per heavy atom. The molecule has 44 heavy (non-hydrogen) atoms. The number of methoxy groups -OCH3 is 3. The lowest BCUT2D eigenvalue weighted by Crippen LogP contribution is -2.44. The highest BCUT2D eigenvalue weighted by Gasteiger charge is 2.39. The summed E-state index contributed by atoms with van der Waals surface area (Å²) in [4.78, 5) is 0. The van der Waals surface area contributed by atoms with Crippen LogP contribution in [0.3, 0.4) is 0 Å². The van der Waals surface area contributed by atoms with E-state index in [1.165, 1.54) is 205 Å². The fraction of sp³-hybridized carbons (Fsp3) is 1.00. The third kappa shape index (κ3) is 27.0. The third-order valence-electron chi connectivity index (χ3n) is 10.2. The van der Waals surface area contributed by atoms with E-state index in [4.69, 9.17) is 14.2 Å². The molecule has 0 radical (unpaired) electrons. The lowest BCUT2D eigenvalue weighted by Gasteiger charge is -2.36. The smallest absolute Gasteiger partial charge is 0.285 e. The fourth-order valence-corrected chi connectivity index (χ4v) is 7.13. The summed E-state index contributed by atoms with van der Waals surface area (Å²) in [6.45, 7) is 4.59. The molecule has 266 valence electrons. The molecule has 3 heteroatoms. The predicted molar refractivity (Wildman–Crippen MR) is 196 cm³/mol. The van der Waals surface area contributed by atoms with Crippen molar-refractivity contribution in [3.8, 4) is 0 Å². The second-order valence-corrected chi connectivity index (χ2v) is 14.1. The van der Waals surface area contributed by atoms with Gasteiger partial charge in [0.1, 0.15) is 0 Å². The van der Waals surface area contributed by atoms with Crippen LogP contribution < -0.4 is 0 Å². The van der Waals surface area contributed by atoms with Crippen molar-refractivity contribution in [3.63, 3.8) is 0 Å². The van der Waals surface area contributed by atoms with E-state index < -0.39 is 5.97 Å². The van der Waals surface area contributed by atoms with Crippen LogP contribution >= 0.6 is 0 Å². The van der Waals surface area contributed by atoms with E-state index in [9.17, 15) is 0 Å². The zero-order chi connectivity index (χ0) is 32.2. The molecule has 0 aliphatic heterocycles. The summed E-state index contributed by atoms with van der Waals surface area (Å²) in [5, 5.41) is 0. The van der Waals surface area contributed by atoms with Crippen LogP contribution in [0.1, 0.15) is 232 Å². The topological polar surface area (TPSA) is 27.7 Å². The van der Waals surface area contributed by atoms with E-state index >= 15 is 0 Å². The highest BCUT2D eigenvalue weighted by molar-refractivity contribution is 4.72. The van der Waals surface area contributed by atoms with Gasteiger partial charge in [0.25, 0.3) is 5.97 Å². The lowest BCUT2D eigenvalue weighted by molar-refractivity contribution is -0.380. The molecular weight excluding hydrogens is 540 g/mol. The first-order chi connectivity index (χ1) is 21.7. The van der Waals surface area contributed by atoms with Crippen molar-refractivity contribution in [1.82, 2.24) is 0 Å². The standard InChI is InChI=1S/C41H84O3/c1-6-8-10-12-14-15-16-17-18-19-20-21-22-23-24-25-26-27-28-29-30-31-32-33-35-37-39-40(41(42-3,43-4)44-5)38-36-34-13-11-9-7-2/h40H,6-39H2,1-5H3. The van der Waals surface area contributed by atoms with Gasteiger partial charge in [0.05, 0.1) is 0 Å². The average molecular weight is 625 g/mol. The van der Waals surface area contributed by atoms with Crippen LogP contribution in [0.15, 0.2) is 0 Å². The van der Waals surface area contributed by atoms with Crippen molar-refractivity contribution < 1.29 is 14.2 Å². The largest absolute Gasteiger partial charge is 0.331 e. The van der Waals surface area contributed by atoms with Gasteiger partial charge in [-0.25, -0.2) is 0 Å². The molecule has 0 rings (SSSR count). The quantitative estimate of drug-likeness (QED) is 0.0505. The molecule has 0 N–H and O–H groups in total. The van der Waals surface area contributed by atoms with Crippen molar-refractivity contribution in [2.75, 3.05) is 21.3 Å². The first-order valence-electron chi connectivity index (χ1n) is 20.4. The van der Waals surface area contributed by atoms with Gasteiger partial charge in [-0.05, 0) is 12.8 Å². The second-order valence-electron chi connectivity index (χ2n) is 14.1. The Morgan fingerprint density at radius 2 is 0.477 bits per heavy atom. The molecule has 0 aromatic carbocycles. The Morgan fingerprint density at radius 1 is 0.295 bits per heavy atom. The van der Waals surface area contributed by atoms with Crippen LogP contribution in [0.25, 0.3) is 0 Å². The van der Waals surface area contributed by atoms with Crippen molar-refractivity contribution in [1.29, 1.82) is 0 Å². The van der Waals surface area contributed by atoms with Crippen LogP contribution in [-0.2, 0) is 14.2 Å². The van der Waals surface area contributed by atoms with Gasteiger partial charge < -0.3 is 14.2 Å². The third-order valence-corrected chi connectivity index (χ3v) is 10.2. The monoisotopic (exact) mass is 625 g/mol. The van der Waals surface area contributed by atoms with Gasteiger partial charge in [0.15, 0.2) is 0 Å². The Labute approximate surface area is 279 Å². The minimum absolute atomic E-state index is 0.308. The Balaban J connectivity index is 3.54. The molecule has 3 nitrogen and oxygen atoms in total. The molecule has 0 heterocycles. The molecular formula is C41H84O3. The van der Waals surface area contributed by atoms with Crippen LogP contribution in [0.4, 0.5) is 0 Å². The van der Waals surface area contributed by atoms with E-state index in [0.717, 1.165) is 12.8 Å². The fourth-order valence-electron chi connectivity index (χ4n) is 7.13. The number of ether oxygens (including phenoxy) is 3. The maximum Gasteiger partial charge on any atom is 0.285 e. The SMILES string of the molecule is CCCCCCCCCCCCCCCCCCCCCCCCCCCCC(CCCCCCCC)C(OC)(OC)OC. The first-order valence-corrected chi connectivity index (χ1v) is 20.4. The van der Waals surface area contributed by atoms with Gasteiger partial charge in [-0.2, -0.15) is 0 Å². The Hall–Kier alpha value is -0.120. The highest BCUT2D eigenvalue weighted by atomic mass is 16.9. The molecule has 0 fully saturated rings. The van der Waals surface area contributed by atoms with E-state index in [2.05, 4.69) is 13.8 Å². The highest BCUT2D eigenvalue weighted by Crippen LogP contribution is 2.33. The van der Waals surface area contributed by atoms with Gasteiger partial charge in [0, 0.05) is 27.2 Å². The van der Waals surface area contributed by atoms with Crippen LogP contribution in [-0.4, -0.2) is 27.3 Å². The predicted octanol–water partition coefficient (Wildman–Crippen LogP) is 14.5. The molecule has 0 saturated heterocycles. The minimum atomic E-state index is -0.879. The molecule has 1 unspecified atom stereocenters. The van der Waals surface area contributed by atoms with Gasteiger partial charge in [-0.3, -0.25) is 0 Å². The molecule has 0 aromatic rings. The maximum atomic E-state index is 5.76. The van der Waals surface area contributed by atoms with E-state index in [1.54, 1.807) is 21.3 Å². The maximum absolute atomic E-state index is 5.76. The zero-order valence-electron chi connectivity index (χ0n) is 31.3. The molecule has 0 aliphatic carbocycles.